The Kier molecular flexibility index (Phi) is 4.53. The molecule has 0 bridgehead atoms. The molecule has 0 aromatic heterocycles. The second-order valence-corrected chi connectivity index (χ2v) is 11.6. The van der Waals surface area contributed by atoms with Gasteiger partial charge in [0.15, 0.2) is 0 Å². The van der Waals surface area contributed by atoms with Crippen LogP contribution in [-0.2, 0) is 38.1 Å². The largest absolute Gasteiger partial charge is 0.465 e. The summed E-state index contributed by atoms with van der Waals surface area (Å²) >= 11 is 0. The summed E-state index contributed by atoms with van der Waals surface area (Å²) in [6, 6.07) is 0. The van der Waals surface area contributed by atoms with Gasteiger partial charge in [0.25, 0.3) is 5.79 Å². The van der Waals surface area contributed by atoms with Gasteiger partial charge in [0.2, 0.25) is 0 Å². The predicted molar refractivity (Wildman–Crippen MR) is 117 cm³/mol. The van der Waals surface area contributed by atoms with E-state index in [1.807, 2.05) is 0 Å². The van der Waals surface area contributed by atoms with E-state index >= 15 is 0 Å². The van der Waals surface area contributed by atoms with Crippen molar-refractivity contribution < 1.29 is 38.1 Å². The quantitative estimate of drug-likeness (QED) is 0.340. The lowest BCUT2D eigenvalue weighted by Gasteiger charge is -2.61. The van der Waals surface area contributed by atoms with E-state index in [0.29, 0.717) is 24.8 Å². The Labute approximate surface area is 199 Å². The molecule has 3 saturated carbocycles. The highest BCUT2D eigenvalue weighted by atomic mass is 16.8. The molecule has 3 aliphatic carbocycles. The number of ether oxygens (including phenoxy) is 5. The zero-order valence-electron chi connectivity index (χ0n) is 20.6. The second-order valence-electron chi connectivity index (χ2n) is 11.6. The Morgan fingerprint density at radius 2 is 1.79 bits per heavy atom. The third-order valence-corrected chi connectivity index (χ3v) is 9.97. The van der Waals surface area contributed by atoms with Crippen molar-refractivity contribution >= 4 is 17.9 Å². The number of carbonyl (C=O) groups is 3. The van der Waals surface area contributed by atoms with Gasteiger partial charge in [0, 0.05) is 35.3 Å². The van der Waals surface area contributed by atoms with Gasteiger partial charge < -0.3 is 23.7 Å². The third-order valence-electron chi connectivity index (χ3n) is 9.97. The average Bonchev–Trinajstić information content (AvgIpc) is 3.68. The molecule has 0 radical (unpaired) electrons. The van der Waals surface area contributed by atoms with E-state index in [1.54, 1.807) is 20.8 Å². The van der Waals surface area contributed by atoms with Crippen molar-refractivity contribution in [3.05, 3.63) is 11.1 Å². The lowest BCUT2D eigenvalue weighted by molar-refractivity contribution is -0.206. The normalized spacial score (nSPS) is 49.6. The molecule has 0 aromatic carbocycles. The highest BCUT2D eigenvalue weighted by molar-refractivity contribution is 5.93. The molecule has 0 amide bonds. The van der Waals surface area contributed by atoms with Crippen molar-refractivity contribution in [1.29, 1.82) is 0 Å². The molecule has 6 aliphatic rings. The van der Waals surface area contributed by atoms with Crippen LogP contribution in [0.4, 0.5) is 0 Å². The molecule has 186 valence electrons. The zero-order valence-corrected chi connectivity index (χ0v) is 20.6. The lowest BCUT2D eigenvalue weighted by atomic mass is 9.43. The van der Waals surface area contributed by atoms with Crippen LogP contribution >= 0.6 is 0 Å². The summed E-state index contributed by atoms with van der Waals surface area (Å²) in [5, 5.41) is 0. The van der Waals surface area contributed by atoms with Gasteiger partial charge in [0.1, 0.15) is 30.5 Å². The van der Waals surface area contributed by atoms with Gasteiger partial charge in [-0.2, -0.15) is 0 Å². The Balaban J connectivity index is 1.37. The van der Waals surface area contributed by atoms with Crippen LogP contribution in [-0.4, -0.2) is 54.2 Å². The molecule has 0 N–H and O–H groups in total. The number of carbonyl (C=O) groups excluding carboxylic acids is 3. The SMILES string of the molecule is CCC(=O)OC[C@@]1(C)[C@H]2CC[C@@]34O[C@@H]3C3=C(C)C(=O)O[C@]35O[C@@H]5[C@H]4[C@]2(C)CC[C@H]1OC(=O)CC. The summed E-state index contributed by atoms with van der Waals surface area (Å²) in [6.45, 7) is 9.98. The fraction of sp³-hybridized carbons (Fsp3) is 0.808. The van der Waals surface area contributed by atoms with Gasteiger partial charge in [-0.05, 0) is 43.9 Å². The van der Waals surface area contributed by atoms with Crippen molar-refractivity contribution in [2.24, 2.45) is 22.7 Å². The molecule has 0 aromatic rings. The van der Waals surface area contributed by atoms with Gasteiger partial charge >= 0.3 is 17.9 Å². The van der Waals surface area contributed by atoms with Crippen molar-refractivity contribution in [2.45, 2.75) is 103 Å². The highest BCUT2D eigenvalue weighted by Gasteiger charge is 2.89. The molecule has 2 spiro atoms. The molecule has 0 unspecified atom stereocenters. The maximum absolute atomic E-state index is 12.4. The van der Waals surface area contributed by atoms with Gasteiger partial charge in [-0.1, -0.05) is 27.7 Å². The zero-order chi connectivity index (χ0) is 24.3. The molecule has 3 heterocycles. The highest BCUT2D eigenvalue weighted by Crippen LogP contribution is 2.78. The van der Waals surface area contributed by atoms with Crippen molar-refractivity contribution in [2.75, 3.05) is 6.61 Å². The Morgan fingerprint density at radius 1 is 1.06 bits per heavy atom. The molecule has 6 rings (SSSR count). The van der Waals surface area contributed by atoms with Crippen LogP contribution in [0.1, 0.15) is 73.1 Å². The molecule has 2 saturated heterocycles. The average molecular weight is 475 g/mol. The van der Waals surface area contributed by atoms with E-state index in [9.17, 15) is 14.4 Å². The first-order valence-corrected chi connectivity index (χ1v) is 12.7. The van der Waals surface area contributed by atoms with Gasteiger partial charge in [-0.3, -0.25) is 9.59 Å². The second kappa shape index (κ2) is 6.84. The van der Waals surface area contributed by atoms with Crippen LogP contribution in [0.3, 0.4) is 0 Å². The fourth-order valence-electron chi connectivity index (χ4n) is 8.28. The van der Waals surface area contributed by atoms with Crippen LogP contribution in [0.5, 0.6) is 0 Å². The minimum absolute atomic E-state index is 0.0511. The Bertz CT molecular complexity index is 1020. The fourth-order valence-corrected chi connectivity index (χ4v) is 8.28. The number of hydrogen-bond donors (Lipinski definition) is 0. The van der Waals surface area contributed by atoms with Gasteiger partial charge in [0.05, 0.1) is 0 Å². The predicted octanol–water partition coefficient (Wildman–Crippen LogP) is 3.21. The Morgan fingerprint density at radius 3 is 2.50 bits per heavy atom. The number of esters is 3. The van der Waals surface area contributed by atoms with Crippen LogP contribution in [0, 0.1) is 22.7 Å². The minimum Gasteiger partial charge on any atom is -0.465 e. The third kappa shape index (κ3) is 2.59. The molecule has 5 fully saturated rings. The van der Waals surface area contributed by atoms with Crippen LogP contribution in [0.15, 0.2) is 11.1 Å². The first-order valence-electron chi connectivity index (χ1n) is 12.7. The van der Waals surface area contributed by atoms with Crippen LogP contribution in [0.25, 0.3) is 0 Å². The molecular weight excluding hydrogens is 440 g/mol. The maximum atomic E-state index is 12.4. The topological polar surface area (TPSA) is 104 Å². The molecule has 8 heteroatoms. The van der Waals surface area contributed by atoms with Gasteiger partial charge in [-0.15, -0.1) is 0 Å². The van der Waals surface area contributed by atoms with E-state index in [1.165, 1.54) is 0 Å². The Hall–Kier alpha value is -1.93. The number of epoxide rings is 2. The van der Waals surface area contributed by atoms with Gasteiger partial charge in [-0.25, -0.2) is 4.79 Å². The van der Waals surface area contributed by atoms with Crippen molar-refractivity contribution in [3.8, 4) is 0 Å². The summed E-state index contributed by atoms with van der Waals surface area (Å²) in [4.78, 5) is 36.9. The van der Waals surface area contributed by atoms with Crippen molar-refractivity contribution in [1.82, 2.24) is 0 Å². The van der Waals surface area contributed by atoms with Crippen LogP contribution < -0.4 is 0 Å². The van der Waals surface area contributed by atoms with E-state index in [0.717, 1.165) is 24.8 Å². The van der Waals surface area contributed by atoms with E-state index in [-0.39, 0.29) is 65.7 Å². The molecular formula is C26H34O8. The van der Waals surface area contributed by atoms with E-state index in [2.05, 4.69) is 13.8 Å². The van der Waals surface area contributed by atoms with Crippen LogP contribution in [0.2, 0.25) is 0 Å². The summed E-state index contributed by atoms with van der Waals surface area (Å²) in [6.07, 6.45) is 3.12. The first kappa shape index (κ1) is 22.5. The smallest absolute Gasteiger partial charge is 0.336 e. The van der Waals surface area contributed by atoms with E-state index < -0.39 is 11.2 Å². The standard InChI is InChI=1S/C26H34O8/c1-6-16(27)30-12-24(5)14-8-11-25-19(23(14,4)10-9-15(24)31-17(28)7-2)21-26(33-21)18(20(25)32-25)13(3)22(29)34-26/h14-15,19-21H,6-12H2,1-5H3/t14-,15+,19-,20+,21+,23+,24-,25-,26+/m0/s1. The number of fused-ring (bicyclic) bond motifs is 4. The maximum Gasteiger partial charge on any atom is 0.336 e. The molecule has 3 aliphatic heterocycles. The minimum atomic E-state index is -0.960. The first-order chi connectivity index (χ1) is 16.1. The van der Waals surface area contributed by atoms with E-state index in [4.69, 9.17) is 23.7 Å². The number of rotatable bonds is 5. The summed E-state index contributed by atoms with van der Waals surface area (Å²) in [5.41, 5.74) is 0.439. The van der Waals surface area contributed by atoms with Crippen molar-refractivity contribution in [3.63, 3.8) is 0 Å². The summed E-state index contributed by atoms with van der Waals surface area (Å²) in [7, 11) is 0. The number of hydrogen-bond acceptors (Lipinski definition) is 8. The summed E-state index contributed by atoms with van der Waals surface area (Å²) < 4.78 is 30.2. The molecule has 34 heavy (non-hydrogen) atoms. The molecule has 9 atom stereocenters. The molecule has 8 nitrogen and oxygen atoms in total. The monoisotopic (exact) mass is 474 g/mol. The summed E-state index contributed by atoms with van der Waals surface area (Å²) in [5.74, 6) is -1.58. The lowest BCUT2D eigenvalue weighted by Crippen LogP contribution is -2.64.